The minimum atomic E-state index is -3.66. The molecule has 6 heteroatoms. The van der Waals surface area contributed by atoms with Crippen LogP contribution >= 0.6 is 0 Å². The fraction of sp³-hybridized carbons (Fsp3) is 0. The van der Waals surface area contributed by atoms with Gasteiger partial charge in [-0.25, -0.2) is 8.42 Å². The molecule has 0 aliphatic carbocycles. The second-order valence-electron chi connectivity index (χ2n) is 4.60. The van der Waals surface area contributed by atoms with Crippen LogP contribution < -0.4 is 0 Å². The van der Waals surface area contributed by atoms with Gasteiger partial charge in [-0.15, -0.1) is 0 Å². The van der Waals surface area contributed by atoms with Gasteiger partial charge < -0.3 is 4.72 Å². The van der Waals surface area contributed by atoms with Crippen molar-refractivity contribution in [3.63, 3.8) is 0 Å². The molecule has 2 aromatic carbocycles. The van der Waals surface area contributed by atoms with Crippen molar-refractivity contribution in [1.82, 2.24) is 4.98 Å². The maximum Gasteiger partial charge on any atom is 0.123 e. The number of nitrogens with zero attached hydrogens (tertiary/aromatic N) is 2. The van der Waals surface area contributed by atoms with E-state index in [-0.39, 0.29) is 24.4 Å². The van der Waals surface area contributed by atoms with Gasteiger partial charge in [0, 0.05) is 25.7 Å². The van der Waals surface area contributed by atoms with Crippen LogP contribution in [0.15, 0.2) is 59.6 Å². The summed E-state index contributed by atoms with van der Waals surface area (Å²) in [5.41, 5.74) is 2.54. The Morgan fingerprint density at radius 2 is 1.71 bits per heavy atom. The van der Waals surface area contributed by atoms with Gasteiger partial charge in [-0.05, 0) is 28.6 Å². The topological polar surface area (TPSA) is 61.1 Å². The summed E-state index contributed by atoms with van der Waals surface area (Å²) >= 11 is 0. The molecule has 4 nitrogen and oxygen atoms in total. The van der Waals surface area contributed by atoms with Crippen molar-refractivity contribution in [3.8, 4) is 11.1 Å². The van der Waals surface area contributed by atoms with Gasteiger partial charge >= 0.3 is 0 Å². The summed E-state index contributed by atoms with van der Waals surface area (Å²) < 4.78 is 28.5. The Hall–Kier alpha value is -1.78. The first kappa shape index (κ1) is 14.2. The van der Waals surface area contributed by atoms with Crippen molar-refractivity contribution in [3.05, 3.63) is 59.4 Å². The van der Waals surface area contributed by atoms with Crippen molar-refractivity contribution in [1.29, 1.82) is 0 Å². The minimum absolute atomic E-state index is 0. The molecule has 0 N–H and O–H groups in total. The summed E-state index contributed by atoms with van der Waals surface area (Å²) in [6.07, 6.45) is 1.64. The van der Waals surface area contributed by atoms with Crippen LogP contribution in [0.3, 0.4) is 0 Å². The fourth-order valence-electron chi connectivity index (χ4n) is 2.52. The van der Waals surface area contributed by atoms with E-state index in [0.717, 1.165) is 10.9 Å². The fourth-order valence-corrected chi connectivity index (χ4v) is 3.75. The van der Waals surface area contributed by atoms with E-state index in [1.807, 2.05) is 30.3 Å². The molecular formula is C15H9N2O2SZn-. The summed E-state index contributed by atoms with van der Waals surface area (Å²) in [6.45, 7) is 0. The van der Waals surface area contributed by atoms with Crippen molar-refractivity contribution >= 4 is 26.6 Å². The third kappa shape index (κ3) is 2.06. The molecule has 1 aromatic heterocycles. The molecule has 21 heavy (non-hydrogen) atoms. The van der Waals surface area contributed by atoms with E-state index in [1.54, 1.807) is 24.4 Å². The van der Waals surface area contributed by atoms with Crippen LogP contribution in [0.25, 0.3) is 26.8 Å². The van der Waals surface area contributed by atoms with Gasteiger partial charge in [0.1, 0.15) is 10.0 Å². The number of rotatable bonds is 0. The first-order chi connectivity index (χ1) is 9.67. The van der Waals surface area contributed by atoms with Crippen LogP contribution in [0.2, 0.25) is 0 Å². The van der Waals surface area contributed by atoms with Crippen LogP contribution in [-0.4, -0.2) is 13.4 Å². The number of hydrogen-bond donors (Lipinski definition) is 0. The third-order valence-corrected chi connectivity index (χ3v) is 4.75. The molecule has 0 radical (unpaired) electrons. The number of hydrogen-bond acceptors (Lipinski definition) is 3. The van der Waals surface area contributed by atoms with Crippen LogP contribution in [-0.2, 0) is 29.5 Å². The average Bonchev–Trinajstić information content (AvgIpc) is 2.47. The zero-order chi connectivity index (χ0) is 13.7. The summed E-state index contributed by atoms with van der Waals surface area (Å²) in [5.74, 6) is 0. The molecule has 100 valence electrons. The maximum atomic E-state index is 12.3. The van der Waals surface area contributed by atoms with E-state index >= 15 is 0 Å². The molecule has 4 rings (SSSR count). The summed E-state index contributed by atoms with van der Waals surface area (Å²) in [5, 5.41) is 0.879. The predicted octanol–water partition coefficient (Wildman–Crippen LogP) is 3.61. The van der Waals surface area contributed by atoms with Gasteiger partial charge in [-0.3, -0.25) is 4.98 Å². The van der Waals surface area contributed by atoms with Crippen LogP contribution in [0.4, 0.5) is 5.69 Å². The molecule has 1 aliphatic rings. The monoisotopic (exact) mass is 345 g/mol. The van der Waals surface area contributed by atoms with Crippen molar-refractivity contribution in [2.75, 3.05) is 0 Å². The van der Waals surface area contributed by atoms with Gasteiger partial charge in [0.2, 0.25) is 0 Å². The zero-order valence-electron chi connectivity index (χ0n) is 11.0. The number of pyridine rings is 1. The van der Waals surface area contributed by atoms with Gasteiger partial charge in [-0.1, -0.05) is 42.1 Å². The SMILES string of the molecule is O=S1(=O)[N-]c2c(ccc3cccnc23)-c2ccccc21.[Zn]. The Kier molecular flexibility index (Phi) is 3.31. The van der Waals surface area contributed by atoms with E-state index in [2.05, 4.69) is 9.71 Å². The largest absolute Gasteiger partial charge is 0.570 e. The molecule has 0 fully saturated rings. The van der Waals surface area contributed by atoms with Crippen LogP contribution in [0, 0.1) is 0 Å². The smallest absolute Gasteiger partial charge is 0.123 e. The second kappa shape index (κ2) is 4.90. The summed E-state index contributed by atoms with van der Waals surface area (Å²) in [6, 6.07) is 14.5. The van der Waals surface area contributed by atoms with Crippen molar-refractivity contribution < 1.29 is 27.9 Å². The maximum absolute atomic E-state index is 12.3. The van der Waals surface area contributed by atoms with Crippen molar-refractivity contribution in [2.45, 2.75) is 4.90 Å². The van der Waals surface area contributed by atoms with E-state index in [9.17, 15) is 8.42 Å². The van der Waals surface area contributed by atoms with E-state index in [4.69, 9.17) is 0 Å². The minimum Gasteiger partial charge on any atom is -0.570 e. The second-order valence-corrected chi connectivity index (χ2v) is 6.17. The Morgan fingerprint density at radius 3 is 2.57 bits per heavy atom. The molecule has 0 saturated heterocycles. The first-order valence-corrected chi connectivity index (χ1v) is 7.56. The van der Waals surface area contributed by atoms with E-state index in [1.165, 1.54) is 0 Å². The summed E-state index contributed by atoms with van der Waals surface area (Å²) in [4.78, 5) is 4.53. The number of sulfonamides is 1. The van der Waals surface area contributed by atoms with Gasteiger partial charge in [0.25, 0.3) is 0 Å². The molecule has 0 saturated carbocycles. The quantitative estimate of drug-likeness (QED) is 0.584. The Balaban J connectivity index is 0.00000132. The average molecular weight is 347 g/mol. The third-order valence-electron chi connectivity index (χ3n) is 3.41. The van der Waals surface area contributed by atoms with E-state index < -0.39 is 10.0 Å². The number of fused-ring (bicyclic) bond motifs is 5. The van der Waals surface area contributed by atoms with Crippen molar-refractivity contribution in [2.24, 2.45) is 0 Å². The normalized spacial score (nSPS) is 14.5. The Morgan fingerprint density at radius 1 is 0.905 bits per heavy atom. The molecule has 3 aromatic rings. The zero-order valence-corrected chi connectivity index (χ0v) is 14.8. The molecule has 2 heterocycles. The van der Waals surface area contributed by atoms with Gasteiger partial charge in [0.15, 0.2) is 0 Å². The molecule has 0 amide bonds. The Bertz CT molecular complexity index is 955. The van der Waals surface area contributed by atoms with Gasteiger partial charge in [-0.2, -0.15) is 0 Å². The molecule has 1 aliphatic heterocycles. The van der Waals surface area contributed by atoms with Crippen LogP contribution in [0.5, 0.6) is 0 Å². The molecule has 0 bridgehead atoms. The first-order valence-electron chi connectivity index (χ1n) is 6.12. The molecule has 0 spiro atoms. The standard InChI is InChI=1S/C15H9N2O2S.Zn/c18-20(19)13-6-2-1-5-11(13)12-8-7-10-4-3-9-16-14(10)15(12)17-20;/h1-9H;/q-1;. The summed E-state index contributed by atoms with van der Waals surface area (Å²) in [7, 11) is -3.66. The molecule has 0 unspecified atom stereocenters. The Labute approximate surface area is 135 Å². The molecule has 0 atom stereocenters. The van der Waals surface area contributed by atoms with Gasteiger partial charge in [0.05, 0.1) is 10.4 Å². The molecular weight excluding hydrogens is 338 g/mol. The van der Waals surface area contributed by atoms with Crippen LogP contribution in [0.1, 0.15) is 0 Å². The van der Waals surface area contributed by atoms with E-state index in [0.29, 0.717) is 16.8 Å². The number of aromatic nitrogens is 1. The number of benzene rings is 2. The predicted molar refractivity (Wildman–Crippen MR) is 77.4 cm³/mol.